The van der Waals surface area contributed by atoms with E-state index in [2.05, 4.69) is 365 Å². The zero-order valence-corrected chi connectivity index (χ0v) is 82.7. The highest BCUT2D eigenvalue weighted by Crippen LogP contribution is 2.52. The molecule has 0 aliphatic rings. The van der Waals surface area contributed by atoms with Gasteiger partial charge >= 0.3 is 0 Å². The average molecular weight is 1960 g/mol. The molecule has 0 aliphatic heterocycles. The quantitative estimate of drug-likeness (QED) is 0.0794. The average Bonchev–Trinajstić information content (AvgIpc) is 1.57. The molecule has 0 amide bonds. The van der Waals surface area contributed by atoms with Crippen molar-refractivity contribution in [3.05, 3.63) is 504 Å². The molecular weight excluding hydrogens is 1870 g/mol. The minimum absolute atomic E-state index is 0.516. The summed E-state index contributed by atoms with van der Waals surface area (Å²) in [6.45, 7) is 0. The number of fused-ring (bicyclic) bond motifs is 39. The van der Waals surface area contributed by atoms with Crippen LogP contribution in [-0.2, 0) is 13.7 Å². The van der Waals surface area contributed by atoms with E-state index in [1.54, 1.807) is 6.20 Å². The Morgan fingerprint density at radius 2 is 0.570 bits per heavy atom. The predicted molar refractivity (Wildman–Crippen MR) is 629 cm³/mol. The van der Waals surface area contributed by atoms with Crippen LogP contribution in [0.2, 0.25) is 0 Å². The van der Waals surface area contributed by atoms with Gasteiger partial charge in [0.2, 0.25) is 0 Å². The van der Waals surface area contributed by atoms with E-state index in [1.165, 1.54) is 75.4 Å². The van der Waals surface area contributed by atoms with Crippen molar-refractivity contribution in [1.82, 2.24) is 38.1 Å². The molecule has 0 saturated heterocycles. The number of nitrogens with zero attached hydrogens (tertiary/aromatic N) is 8. The molecule has 0 spiro atoms. The lowest BCUT2D eigenvalue weighted by atomic mass is 9.98. The smallest absolute Gasteiger partial charge is 0.190 e. The van der Waals surface area contributed by atoms with Crippen LogP contribution in [0.3, 0.4) is 0 Å². The van der Waals surface area contributed by atoms with Crippen molar-refractivity contribution in [2.75, 3.05) is 0 Å². The lowest BCUT2D eigenvalue weighted by Crippen LogP contribution is -2.28. The number of hydrogen-bond acceptors (Lipinski definition) is 8. The van der Waals surface area contributed by atoms with Gasteiger partial charge in [0.25, 0.3) is 0 Å². The van der Waals surface area contributed by atoms with Gasteiger partial charge in [-0.2, -0.15) is 0 Å². The maximum atomic E-state index is 16.6. The van der Waals surface area contributed by atoms with Gasteiger partial charge in [-0.05, 0) is 217 Å². The molecule has 2 atom stereocenters. The van der Waals surface area contributed by atoms with Crippen molar-refractivity contribution in [1.29, 1.82) is 0 Å². The summed E-state index contributed by atoms with van der Waals surface area (Å²) in [5, 5.41) is 38.8. The van der Waals surface area contributed by atoms with Crippen molar-refractivity contribution in [3.8, 4) is 0 Å². The molecular formula is C135H83N8O3P3. The van der Waals surface area contributed by atoms with E-state index in [0.29, 0.717) is 10.7 Å². The van der Waals surface area contributed by atoms with Gasteiger partial charge < -0.3 is 13.7 Å². The Morgan fingerprint density at radius 1 is 0.174 bits per heavy atom. The third-order valence-electron chi connectivity index (χ3n) is 30.9. The topological polar surface area (TPSA) is 129 Å². The molecule has 0 radical (unpaired) electrons. The summed E-state index contributed by atoms with van der Waals surface area (Å²) in [6.07, 6.45) is 1.79. The number of hydrogen-bond donors (Lipinski definition) is 0. The second kappa shape index (κ2) is 33.6. The van der Waals surface area contributed by atoms with Gasteiger partial charge in [-0.3, -0.25) is 18.2 Å². The molecule has 24 aromatic carbocycles. The highest BCUT2D eigenvalue weighted by atomic mass is 31.2. The van der Waals surface area contributed by atoms with Gasteiger partial charge in [0, 0.05) is 97.1 Å². The third kappa shape index (κ3) is 13.2. The molecule has 0 fully saturated rings. The van der Waals surface area contributed by atoms with Crippen LogP contribution in [0.15, 0.2) is 504 Å². The number of aromatic nitrogens is 8. The number of rotatable bonds is 9. The molecule has 0 N–H and O–H groups in total. The summed E-state index contributed by atoms with van der Waals surface area (Å²) in [5.74, 6) is 0. The summed E-state index contributed by atoms with van der Waals surface area (Å²) >= 11 is 0. The number of benzene rings is 24. The molecule has 14 heteroatoms. The van der Waals surface area contributed by atoms with Crippen LogP contribution in [-0.4, -0.2) is 38.1 Å². The minimum Gasteiger partial charge on any atom is -0.309 e. The molecule has 2 unspecified atom stereocenters. The van der Waals surface area contributed by atoms with Gasteiger partial charge in [-0.25, -0.2) is 19.9 Å². The van der Waals surface area contributed by atoms with E-state index in [9.17, 15) is 0 Å². The van der Waals surface area contributed by atoms with Gasteiger partial charge in [-0.15, -0.1) is 0 Å². The fraction of sp³-hybridized carbons (Fsp3) is 0. The van der Waals surface area contributed by atoms with E-state index in [1.807, 2.05) is 146 Å². The van der Waals surface area contributed by atoms with Crippen LogP contribution in [0, 0.1) is 0 Å². The highest BCUT2D eigenvalue weighted by Gasteiger charge is 2.39. The normalized spacial score (nSPS) is 13.0. The first-order valence-corrected chi connectivity index (χ1v) is 55.4. The number of pyridine rings is 5. The molecule has 0 saturated carbocycles. The zero-order valence-electron chi connectivity index (χ0n) is 80.1. The molecule has 11 nitrogen and oxygen atoms in total. The van der Waals surface area contributed by atoms with Gasteiger partial charge in [0.05, 0.1) is 60.7 Å². The zero-order chi connectivity index (χ0) is 98.5. The summed E-state index contributed by atoms with van der Waals surface area (Å²) in [7, 11) is -10.4. The lowest BCUT2D eigenvalue weighted by Gasteiger charge is -2.23. The minimum atomic E-state index is -3.66. The lowest BCUT2D eigenvalue weighted by molar-refractivity contribution is 0.591. The van der Waals surface area contributed by atoms with Crippen LogP contribution in [0.5, 0.6) is 0 Å². The molecule has 32 aromatic rings. The van der Waals surface area contributed by atoms with Crippen molar-refractivity contribution >= 4 is 303 Å². The van der Waals surface area contributed by atoms with E-state index in [-0.39, 0.29) is 0 Å². The molecule has 0 aliphatic carbocycles. The third-order valence-corrected chi connectivity index (χ3v) is 40.1. The predicted octanol–water partition coefficient (Wildman–Crippen LogP) is 30.8. The van der Waals surface area contributed by atoms with Gasteiger partial charge in [0.15, 0.2) is 21.4 Å². The fourth-order valence-electron chi connectivity index (χ4n) is 24.0. The Bertz CT molecular complexity index is 11500. The molecule has 696 valence electrons. The Kier molecular flexibility index (Phi) is 19.4. The van der Waals surface area contributed by atoms with Crippen molar-refractivity contribution in [2.45, 2.75) is 0 Å². The second-order valence-electron chi connectivity index (χ2n) is 39.0. The van der Waals surface area contributed by atoms with Crippen molar-refractivity contribution in [3.63, 3.8) is 0 Å². The van der Waals surface area contributed by atoms with Crippen molar-refractivity contribution in [2.24, 2.45) is 0 Å². The molecule has 149 heavy (non-hydrogen) atoms. The van der Waals surface area contributed by atoms with E-state index in [4.69, 9.17) is 24.9 Å². The highest BCUT2D eigenvalue weighted by molar-refractivity contribution is 7.86. The first-order valence-electron chi connectivity index (χ1n) is 50.3. The van der Waals surface area contributed by atoms with E-state index in [0.717, 1.165) is 196 Å². The van der Waals surface area contributed by atoms with E-state index < -0.39 is 21.4 Å². The van der Waals surface area contributed by atoms with Crippen LogP contribution in [0.4, 0.5) is 0 Å². The Hall–Kier alpha value is -18.5. The largest absolute Gasteiger partial charge is 0.309 e. The fourth-order valence-corrected chi connectivity index (χ4v) is 32.5. The summed E-state index contributed by atoms with van der Waals surface area (Å²) in [4.78, 5) is 26.0. The molecule has 32 rings (SSSR count). The van der Waals surface area contributed by atoms with Crippen LogP contribution in [0.25, 0.3) is 234 Å². The van der Waals surface area contributed by atoms with Crippen LogP contribution >= 0.6 is 21.4 Å². The maximum absolute atomic E-state index is 16.6. The molecule has 0 bridgehead atoms. The van der Waals surface area contributed by atoms with Crippen LogP contribution in [0.1, 0.15) is 0 Å². The van der Waals surface area contributed by atoms with Crippen molar-refractivity contribution < 1.29 is 13.7 Å². The maximum Gasteiger partial charge on any atom is 0.190 e. The Labute approximate surface area is 852 Å². The summed E-state index contributed by atoms with van der Waals surface area (Å²) in [5.41, 5.74) is 13.1. The monoisotopic (exact) mass is 1960 g/mol. The number of imidazole rings is 3. The van der Waals surface area contributed by atoms with Crippen LogP contribution < -0.4 is 47.9 Å². The Morgan fingerprint density at radius 3 is 1.15 bits per heavy atom. The second-order valence-corrected chi connectivity index (χ2v) is 47.1. The SMILES string of the molecule is O=P(c1ccc2ccccc2c1)(c1ccc2ccc3cccnc3c2n1)c1cccc2nc3c4ccc5ccccc5c4c4ccccc4n3c12.O=P(c1ccc2nc3c4c5ccccc5ccc4c4cc5ccccc5cc4n3c2c1)(c1cccc2ccccc12)c1cccc2ccccc12.O=P(c1ccccc1)(c1ccc2ccccc2c1)c1ccc2c(c1)nc1c3c4ccccc4ccc3c3cc4ccccc4cc3n21. The summed E-state index contributed by atoms with van der Waals surface area (Å²) in [6, 6.07) is 172. The first kappa shape index (κ1) is 86.1. The standard InChI is InChI=1S/C47H29N2OP.C45H27N4OP.C43H27N2OP/c50-51(44-21-9-16-30-11-3-6-18-36(30)44,45-22-10-17-31-12-4-7-19-37(31)45)35-24-26-41-43(29-35)49-42-28-34-15-2-1-14-33(34)27-40(42)39-25-23-32-13-5-8-20-38(32)46(39)47(49)48-41;50-51(33-23-20-28-9-1-2-11-32(28)27-33,40-25-22-31-19-18-30-12-8-26-46-42(30)43(31)48-40)39-17-7-15-37-44(39)49-38-16-6-5-14-35(38)41-34-13-4-3-10-29(34)21-24-36(41)45(49)47-37;46-47(33-15-2-1-3-16-33,34-20-18-28-10-4-5-12-30(28)24-34)35-21-23-40-39(27-35)44-43-42-36-17-9-8-11-29(36)19-22-37(42)38-25-31-13-6-7-14-32(31)26-41(38)45(40)43/h1-29H;1-27H;1-27H. The van der Waals surface area contributed by atoms with E-state index >= 15 is 13.7 Å². The van der Waals surface area contributed by atoms with Gasteiger partial charge in [0.1, 0.15) is 22.4 Å². The molecule has 8 aromatic heterocycles. The summed E-state index contributed by atoms with van der Waals surface area (Å²) < 4.78 is 55.7. The number of para-hydroxylation sites is 2. The Balaban J connectivity index is 0.000000103. The first-order chi connectivity index (χ1) is 73.5. The molecule has 8 heterocycles. The van der Waals surface area contributed by atoms with Gasteiger partial charge in [-0.1, -0.05) is 388 Å².